The lowest BCUT2D eigenvalue weighted by Gasteiger charge is -2.32. The zero-order chi connectivity index (χ0) is 11.4. The number of rotatable bonds is 4. The summed E-state index contributed by atoms with van der Waals surface area (Å²) in [5.41, 5.74) is 0. The number of hydrogen-bond donors (Lipinski definition) is 0. The van der Waals surface area contributed by atoms with E-state index in [4.69, 9.17) is 0 Å². The molecule has 0 aromatic carbocycles. The SMILES string of the molecule is CC[C@@H]1CC[C@@H](C)[C@H](CCC(C)=O)C1=O. The first-order valence-corrected chi connectivity index (χ1v) is 6.09. The van der Waals surface area contributed by atoms with Gasteiger partial charge in [0.05, 0.1) is 0 Å². The Morgan fingerprint density at radius 1 is 1.40 bits per heavy atom. The molecule has 0 saturated heterocycles. The molecule has 0 heterocycles. The van der Waals surface area contributed by atoms with Gasteiger partial charge in [-0.1, -0.05) is 13.8 Å². The molecule has 2 heteroatoms. The highest BCUT2D eigenvalue weighted by Gasteiger charge is 2.34. The van der Waals surface area contributed by atoms with Gasteiger partial charge < -0.3 is 4.79 Å². The number of ketones is 2. The summed E-state index contributed by atoms with van der Waals surface area (Å²) in [6, 6.07) is 0. The minimum atomic E-state index is 0.146. The monoisotopic (exact) mass is 210 g/mol. The van der Waals surface area contributed by atoms with Gasteiger partial charge in [-0.25, -0.2) is 0 Å². The van der Waals surface area contributed by atoms with Crippen molar-refractivity contribution in [2.24, 2.45) is 17.8 Å². The lowest BCUT2D eigenvalue weighted by molar-refractivity contribution is -0.131. The fourth-order valence-electron chi connectivity index (χ4n) is 2.58. The molecule has 1 saturated carbocycles. The molecule has 0 aromatic heterocycles. The minimum absolute atomic E-state index is 0.146. The Balaban J connectivity index is 2.57. The molecule has 15 heavy (non-hydrogen) atoms. The maximum absolute atomic E-state index is 12.1. The molecule has 0 amide bonds. The van der Waals surface area contributed by atoms with Crippen molar-refractivity contribution in [3.63, 3.8) is 0 Å². The molecule has 2 nitrogen and oxygen atoms in total. The lowest BCUT2D eigenvalue weighted by atomic mass is 9.71. The van der Waals surface area contributed by atoms with Crippen LogP contribution in [0.25, 0.3) is 0 Å². The molecule has 1 rings (SSSR count). The highest BCUT2D eigenvalue weighted by Crippen LogP contribution is 2.34. The Morgan fingerprint density at radius 3 is 2.60 bits per heavy atom. The van der Waals surface area contributed by atoms with Crippen LogP contribution in [0.5, 0.6) is 0 Å². The Morgan fingerprint density at radius 2 is 2.07 bits per heavy atom. The van der Waals surface area contributed by atoms with E-state index in [9.17, 15) is 9.59 Å². The summed E-state index contributed by atoms with van der Waals surface area (Å²) in [4.78, 5) is 23.0. The van der Waals surface area contributed by atoms with Gasteiger partial charge >= 0.3 is 0 Å². The van der Waals surface area contributed by atoms with Crippen molar-refractivity contribution in [1.29, 1.82) is 0 Å². The summed E-state index contributed by atoms with van der Waals surface area (Å²) in [6.45, 7) is 5.84. The number of carbonyl (C=O) groups excluding carboxylic acids is 2. The Labute approximate surface area is 92.4 Å². The van der Waals surface area contributed by atoms with Gasteiger partial charge in [0, 0.05) is 18.3 Å². The largest absolute Gasteiger partial charge is 0.300 e. The summed E-state index contributed by atoms with van der Waals surface area (Å²) in [7, 11) is 0. The molecule has 0 spiro atoms. The molecule has 0 unspecified atom stereocenters. The smallest absolute Gasteiger partial charge is 0.139 e. The van der Waals surface area contributed by atoms with Crippen molar-refractivity contribution in [1.82, 2.24) is 0 Å². The van der Waals surface area contributed by atoms with Gasteiger partial charge in [-0.05, 0) is 38.5 Å². The maximum atomic E-state index is 12.1. The molecule has 1 fully saturated rings. The fraction of sp³-hybridized carbons (Fsp3) is 0.846. The highest BCUT2D eigenvalue weighted by molar-refractivity contribution is 5.85. The van der Waals surface area contributed by atoms with E-state index in [1.807, 2.05) is 0 Å². The molecule has 0 aliphatic heterocycles. The standard InChI is InChI=1S/C13H22O2/c1-4-11-7-5-9(2)12(13(11)15)8-6-10(3)14/h9,11-12H,4-8H2,1-3H3/t9-,11-,12+/m1/s1. The molecule has 1 aliphatic carbocycles. The summed E-state index contributed by atoms with van der Waals surface area (Å²) in [5, 5.41) is 0. The van der Waals surface area contributed by atoms with Gasteiger partial charge in [0.2, 0.25) is 0 Å². The highest BCUT2D eigenvalue weighted by atomic mass is 16.1. The van der Waals surface area contributed by atoms with Crippen LogP contribution < -0.4 is 0 Å². The zero-order valence-electron chi connectivity index (χ0n) is 10.1. The molecule has 0 radical (unpaired) electrons. The van der Waals surface area contributed by atoms with Crippen LogP contribution in [0.1, 0.15) is 52.9 Å². The topological polar surface area (TPSA) is 34.1 Å². The van der Waals surface area contributed by atoms with E-state index in [0.717, 1.165) is 25.7 Å². The van der Waals surface area contributed by atoms with Crippen molar-refractivity contribution in [3.8, 4) is 0 Å². The molecule has 1 aliphatic rings. The van der Waals surface area contributed by atoms with E-state index >= 15 is 0 Å². The first-order valence-electron chi connectivity index (χ1n) is 6.09. The van der Waals surface area contributed by atoms with Crippen LogP contribution in [0, 0.1) is 17.8 Å². The number of Topliss-reactive ketones (excluding diaryl/α,β-unsaturated/α-hetero) is 2. The van der Waals surface area contributed by atoms with Crippen molar-refractivity contribution in [2.75, 3.05) is 0 Å². The van der Waals surface area contributed by atoms with Gasteiger partial charge in [-0.2, -0.15) is 0 Å². The minimum Gasteiger partial charge on any atom is -0.300 e. The molecular weight excluding hydrogens is 188 g/mol. The molecular formula is C13H22O2. The Bertz CT molecular complexity index is 245. The van der Waals surface area contributed by atoms with E-state index in [1.54, 1.807) is 6.92 Å². The molecule has 3 atom stereocenters. The summed E-state index contributed by atoms with van der Waals surface area (Å²) in [6.07, 6.45) is 4.49. The zero-order valence-corrected chi connectivity index (χ0v) is 10.1. The molecule has 0 bridgehead atoms. The Kier molecular flexibility index (Phi) is 4.49. The number of hydrogen-bond acceptors (Lipinski definition) is 2. The van der Waals surface area contributed by atoms with E-state index in [0.29, 0.717) is 18.1 Å². The summed E-state index contributed by atoms with van der Waals surface area (Å²) >= 11 is 0. The lowest BCUT2D eigenvalue weighted by Crippen LogP contribution is -2.33. The van der Waals surface area contributed by atoms with Gasteiger partial charge in [0.15, 0.2) is 0 Å². The second kappa shape index (κ2) is 5.43. The third-order valence-electron chi connectivity index (χ3n) is 3.73. The average molecular weight is 210 g/mol. The van der Waals surface area contributed by atoms with Crippen molar-refractivity contribution in [3.05, 3.63) is 0 Å². The number of carbonyl (C=O) groups is 2. The third kappa shape index (κ3) is 3.15. The van der Waals surface area contributed by atoms with E-state index in [2.05, 4.69) is 13.8 Å². The average Bonchev–Trinajstić information content (AvgIpc) is 2.17. The van der Waals surface area contributed by atoms with Crippen LogP contribution in [0.15, 0.2) is 0 Å². The Hall–Kier alpha value is -0.660. The van der Waals surface area contributed by atoms with E-state index < -0.39 is 0 Å². The normalized spacial score (nSPS) is 31.7. The van der Waals surface area contributed by atoms with E-state index in [1.165, 1.54) is 0 Å². The predicted molar refractivity (Wildman–Crippen MR) is 60.6 cm³/mol. The first kappa shape index (κ1) is 12.4. The van der Waals surface area contributed by atoms with Gasteiger partial charge in [-0.15, -0.1) is 0 Å². The van der Waals surface area contributed by atoms with E-state index in [-0.39, 0.29) is 17.6 Å². The molecule has 86 valence electrons. The summed E-state index contributed by atoms with van der Waals surface area (Å²) in [5.74, 6) is 1.50. The third-order valence-corrected chi connectivity index (χ3v) is 3.73. The van der Waals surface area contributed by atoms with Crippen LogP contribution in [-0.4, -0.2) is 11.6 Å². The molecule has 0 aromatic rings. The summed E-state index contributed by atoms with van der Waals surface area (Å²) < 4.78 is 0. The van der Waals surface area contributed by atoms with Gasteiger partial charge in [0.1, 0.15) is 11.6 Å². The second-order valence-electron chi connectivity index (χ2n) is 4.91. The quantitative estimate of drug-likeness (QED) is 0.714. The maximum Gasteiger partial charge on any atom is 0.139 e. The van der Waals surface area contributed by atoms with Crippen LogP contribution in [0.4, 0.5) is 0 Å². The van der Waals surface area contributed by atoms with Crippen LogP contribution >= 0.6 is 0 Å². The van der Waals surface area contributed by atoms with Crippen molar-refractivity contribution >= 4 is 11.6 Å². The van der Waals surface area contributed by atoms with Gasteiger partial charge in [0.25, 0.3) is 0 Å². The fourth-order valence-corrected chi connectivity index (χ4v) is 2.58. The van der Waals surface area contributed by atoms with Crippen LogP contribution in [0.3, 0.4) is 0 Å². The van der Waals surface area contributed by atoms with Crippen LogP contribution in [0.2, 0.25) is 0 Å². The molecule has 0 N–H and O–H groups in total. The van der Waals surface area contributed by atoms with Gasteiger partial charge in [-0.3, -0.25) is 4.79 Å². The predicted octanol–water partition coefficient (Wildman–Crippen LogP) is 3.00. The van der Waals surface area contributed by atoms with Crippen molar-refractivity contribution < 1.29 is 9.59 Å². The van der Waals surface area contributed by atoms with Crippen molar-refractivity contribution in [2.45, 2.75) is 52.9 Å². The second-order valence-corrected chi connectivity index (χ2v) is 4.91. The van der Waals surface area contributed by atoms with Crippen LogP contribution in [-0.2, 0) is 9.59 Å². The first-order chi connectivity index (χ1) is 7.06.